The minimum absolute atomic E-state index is 0.128. The number of aliphatic hydroxyl groups excluding tert-OH is 1. The van der Waals surface area contributed by atoms with E-state index in [4.69, 9.17) is 5.11 Å². The maximum atomic E-state index is 13.6. The van der Waals surface area contributed by atoms with Gasteiger partial charge in [-0.15, -0.1) is 10.2 Å². The number of anilines is 1. The number of aldehydes is 1. The third-order valence-electron chi connectivity index (χ3n) is 5.43. The highest BCUT2D eigenvalue weighted by Crippen LogP contribution is 2.30. The molecule has 34 heavy (non-hydrogen) atoms. The van der Waals surface area contributed by atoms with Crippen LogP contribution >= 0.6 is 9.24 Å². The molecule has 0 saturated heterocycles. The first kappa shape index (κ1) is 30.1. The smallest absolute Gasteiger partial charge is 0.276 e. The molecule has 1 aromatic heterocycles. The number of nitrogens with one attached hydrogen (secondary N) is 1. The van der Waals surface area contributed by atoms with Gasteiger partial charge in [0.25, 0.3) is 5.66 Å². The highest BCUT2D eigenvalue weighted by Gasteiger charge is 2.29. The molecule has 0 saturated carbocycles. The average Bonchev–Trinajstić information content (AvgIpc) is 3.08. The highest BCUT2D eigenvalue weighted by molar-refractivity contribution is 7.18. The number of halogens is 2. The van der Waals surface area contributed by atoms with Gasteiger partial charge in [0, 0.05) is 38.1 Å². The molecule has 2 unspecified atom stereocenters. The summed E-state index contributed by atoms with van der Waals surface area (Å²) in [5.41, 5.74) is 1.01. The van der Waals surface area contributed by atoms with Crippen molar-refractivity contribution in [3.63, 3.8) is 0 Å². The van der Waals surface area contributed by atoms with Crippen molar-refractivity contribution < 1.29 is 18.7 Å². The fourth-order valence-electron chi connectivity index (χ4n) is 3.71. The quantitative estimate of drug-likeness (QED) is 0.315. The predicted octanol–water partition coefficient (Wildman–Crippen LogP) is 5.51. The second-order valence-electron chi connectivity index (χ2n) is 9.92. The van der Waals surface area contributed by atoms with E-state index < -0.39 is 18.1 Å². The van der Waals surface area contributed by atoms with Gasteiger partial charge in [0.2, 0.25) is 0 Å². The molecule has 1 heterocycles. The Balaban J connectivity index is 0.000000479. The van der Waals surface area contributed by atoms with Crippen LogP contribution in [0, 0.1) is 19.3 Å². The number of hydrogen-bond donors (Lipinski definition) is 2. The van der Waals surface area contributed by atoms with Crippen LogP contribution in [0.1, 0.15) is 75.1 Å². The molecule has 0 amide bonds. The third kappa shape index (κ3) is 11.0. The third-order valence-corrected chi connectivity index (χ3v) is 5.61. The Hall–Kier alpha value is -1.92. The van der Waals surface area contributed by atoms with E-state index in [0.717, 1.165) is 19.1 Å². The second-order valence-corrected chi connectivity index (χ2v) is 10.8. The van der Waals surface area contributed by atoms with Crippen LogP contribution in [0.2, 0.25) is 0 Å². The van der Waals surface area contributed by atoms with Gasteiger partial charge >= 0.3 is 0 Å². The lowest BCUT2D eigenvalue weighted by Gasteiger charge is -2.20. The normalized spacial score (nSPS) is 12.6. The Morgan fingerprint density at radius 1 is 1.24 bits per heavy atom. The topological polar surface area (TPSA) is 80.0 Å². The Morgan fingerprint density at radius 3 is 2.41 bits per heavy atom. The molecule has 192 valence electrons. The van der Waals surface area contributed by atoms with Crippen LogP contribution in [0.5, 0.6) is 0 Å². The number of hydrogen-bond acceptors (Lipinski definition) is 5. The van der Waals surface area contributed by atoms with Gasteiger partial charge in [0.1, 0.15) is 17.9 Å². The first-order chi connectivity index (χ1) is 15.8. The van der Waals surface area contributed by atoms with Crippen LogP contribution in [0.4, 0.5) is 14.5 Å². The van der Waals surface area contributed by atoms with E-state index in [1.807, 2.05) is 7.05 Å². The van der Waals surface area contributed by atoms with Crippen LogP contribution in [0.25, 0.3) is 0 Å². The summed E-state index contributed by atoms with van der Waals surface area (Å²) in [6.07, 6.45) is 3.46. The number of aliphatic hydroxyl groups is 1. The van der Waals surface area contributed by atoms with E-state index in [9.17, 15) is 13.6 Å². The van der Waals surface area contributed by atoms with E-state index in [2.05, 4.69) is 68.3 Å². The largest absolute Gasteiger partial charge is 0.396 e. The lowest BCUT2D eigenvalue weighted by molar-refractivity contribution is -0.108. The summed E-state index contributed by atoms with van der Waals surface area (Å²) in [7, 11) is 3.47. The summed E-state index contributed by atoms with van der Waals surface area (Å²) in [5.74, 6) is 0.456. The van der Waals surface area contributed by atoms with E-state index in [0.29, 0.717) is 24.5 Å². The molecule has 1 aromatic carbocycles. The molecule has 2 aromatic rings. The lowest BCUT2D eigenvalue weighted by Crippen LogP contribution is -2.22. The van der Waals surface area contributed by atoms with Crippen molar-refractivity contribution in [1.29, 1.82) is 0 Å². The number of carbonyl (C=O) groups excluding carboxylic acids is 1. The van der Waals surface area contributed by atoms with Gasteiger partial charge in [-0.1, -0.05) is 47.7 Å². The van der Waals surface area contributed by atoms with Crippen LogP contribution in [0.15, 0.2) is 18.2 Å². The summed E-state index contributed by atoms with van der Waals surface area (Å²) in [5, 5.41) is 20.4. The van der Waals surface area contributed by atoms with Crippen LogP contribution in [-0.2, 0) is 17.8 Å². The van der Waals surface area contributed by atoms with E-state index >= 15 is 0 Å². The summed E-state index contributed by atoms with van der Waals surface area (Å²) in [6.45, 7) is 9.91. The van der Waals surface area contributed by atoms with Crippen molar-refractivity contribution in [2.24, 2.45) is 5.41 Å². The molecule has 0 aliphatic carbocycles. The van der Waals surface area contributed by atoms with Gasteiger partial charge in [-0.25, -0.2) is 8.78 Å². The van der Waals surface area contributed by atoms with E-state index in [1.165, 1.54) is 30.6 Å². The number of rotatable bonds is 11. The molecule has 0 aliphatic heterocycles. The molecule has 0 radical (unpaired) electrons. The van der Waals surface area contributed by atoms with E-state index in [1.54, 1.807) is 0 Å². The van der Waals surface area contributed by atoms with Gasteiger partial charge in [0.15, 0.2) is 0 Å². The van der Waals surface area contributed by atoms with Crippen LogP contribution < -0.4 is 5.32 Å². The van der Waals surface area contributed by atoms with Gasteiger partial charge in [-0.3, -0.25) is 0 Å². The number of aryl methyl sites for hydroxylation is 3. The molecule has 2 rings (SSSR count). The number of aromatic nitrogens is 3. The maximum Gasteiger partial charge on any atom is 0.276 e. The molecule has 2 N–H and O–H groups in total. The van der Waals surface area contributed by atoms with Crippen LogP contribution in [-0.4, -0.2) is 45.5 Å². The first-order valence-corrected chi connectivity index (χ1v) is 12.3. The van der Waals surface area contributed by atoms with Gasteiger partial charge in [-0.2, -0.15) is 0 Å². The van der Waals surface area contributed by atoms with Crippen molar-refractivity contribution in [1.82, 2.24) is 14.8 Å². The second kappa shape index (κ2) is 13.8. The zero-order valence-corrected chi connectivity index (χ0v) is 22.5. The molecular weight excluding hydrogens is 457 g/mol. The fourth-order valence-corrected chi connectivity index (χ4v) is 3.90. The molecule has 0 bridgehead atoms. The summed E-state index contributed by atoms with van der Waals surface area (Å²) in [4.78, 5) is 10.9. The average molecular weight is 499 g/mol. The molecule has 0 aliphatic rings. The van der Waals surface area contributed by atoms with Crippen molar-refractivity contribution in [2.45, 2.75) is 84.8 Å². The Morgan fingerprint density at radius 2 is 1.91 bits per heavy atom. The number of carbonyl (C=O) groups is 1. The number of alkyl halides is 2. The maximum absolute atomic E-state index is 13.6. The number of nitrogens with zero attached hydrogens (tertiary/aromatic N) is 3. The van der Waals surface area contributed by atoms with Crippen molar-refractivity contribution in [3.8, 4) is 0 Å². The lowest BCUT2D eigenvalue weighted by atomic mass is 9.90. The van der Waals surface area contributed by atoms with Gasteiger partial charge in [0.05, 0.1) is 6.54 Å². The summed E-state index contributed by atoms with van der Waals surface area (Å²) < 4.78 is 28.5. The van der Waals surface area contributed by atoms with Crippen molar-refractivity contribution >= 4 is 21.2 Å². The molecule has 0 fully saturated rings. The zero-order valence-electron chi connectivity index (χ0n) is 21.4. The minimum atomic E-state index is -2.99. The predicted molar refractivity (Wildman–Crippen MR) is 138 cm³/mol. The molecule has 2 atom stereocenters. The molecular formula is C25H41F2N4O2P. The highest BCUT2D eigenvalue weighted by atomic mass is 31.0. The fraction of sp³-hybridized carbons (Fsp3) is 0.640. The Kier molecular flexibility index (Phi) is 12.3. The van der Waals surface area contributed by atoms with Gasteiger partial charge in [-0.05, 0) is 50.2 Å². The standard InChI is InChI=1S/C16H28F2N3O2P.C9H13N/c1-15(2,3)8-4-5-13-19-20-14(12(6-9-22)7-10-23)21(13)11-16(17,18)24;1-7-4-5-9(10-3)8(2)6-7/h9,12,23H,4-8,10-11,24H2,1-3H3;4-6,10H,1-3H3. The SMILES string of the molecule is CC(C)(C)CCCc1nnc(C(CC=O)CCO)n1CC(F)(F)P.CNc1ccc(C)cc1C. The number of benzene rings is 1. The van der Waals surface area contributed by atoms with Gasteiger partial charge < -0.3 is 19.8 Å². The molecule has 6 nitrogen and oxygen atoms in total. The monoisotopic (exact) mass is 498 g/mol. The Labute approximate surface area is 205 Å². The summed E-state index contributed by atoms with van der Waals surface area (Å²) in [6, 6.07) is 6.38. The first-order valence-electron chi connectivity index (χ1n) is 11.7. The van der Waals surface area contributed by atoms with E-state index in [-0.39, 0.29) is 18.4 Å². The van der Waals surface area contributed by atoms with Crippen molar-refractivity contribution in [2.75, 3.05) is 19.0 Å². The van der Waals surface area contributed by atoms with Crippen molar-refractivity contribution in [3.05, 3.63) is 41.0 Å². The summed E-state index contributed by atoms with van der Waals surface area (Å²) >= 11 is 0. The Bertz CT molecular complexity index is 892. The molecule has 9 heteroatoms. The minimum Gasteiger partial charge on any atom is -0.396 e. The van der Waals surface area contributed by atoms with Crippen LogP contribution in [0.3, 0.4) is 0 Å². The zero-order chi connectivity index (χ0) is 25.9. The molecule has 0 spiro atoms.